The highest BCUT2D eigenvalue weighted by Crippen LogP contribution is 2.43. The molecule has 0 unspecified atom stereocenters. The summed E-state index contributed by atoms with van der Waals surface area (Å²) in [6.07, 6.45) is 0.667. The molecule has 6 heteroatoms. The summed E-state index contributed by atoms with van der Waals surface area (Å²) in [7, 11) is 0. The van der Waals surface area contributed by atoms with Gasteiger partial charge in [-0.05, 0) is 23.8 Å². The second-order valence-electron chi connectivity index (χ2n) is 3.70. The lowest BCUT2D eigenvalue weighted by atomic mass is 10.0. The number of carbonyl (C=O) groups is 1. The lowest BCUT2D eigenvalue weighted by Gasteiger charge is -2.11. The lowest BCUT2D eigenvalue weighted by Crippen LogP contribution is -1.87. The van der Waals surface area contributed by atoms with Crippen molar-refractivity contribution in [3.8, 4) is 11.1 Å². The van der Waals surface area contributed by atoms with Crippen molar-refractivity contribution in [2.75, 3.05) is 0 Å². The average Bonchev–Trinajstić information content (AvgIpc) is 2.37. The summed E-state index contributed by atoms with van der Waals surface area (Å²) in [4.78, 5) is 10.7. The lowest BCUT2D eigenvalue weighted by molar-refractivity contribution is 0.112. The van der Waals surface area contributed by atoms with Crippen LogP contribution in [0, 0.1) is 0 Å². The normalized spacial score (nSPS) is 10.6. The molecule has 0 saturated heterocycles. The minimum Gasteiger partial charge on any atom is -0.298 e. The van der Waals surface area contributed by atoms with Gasteiger partial charge >= 0.3 is 0 Å². The van der Waals surface area contributed by atoms with E-state index in [2.05, 4.69) is 0 Å². The fourth-order valence-corrected chi connectivity index (χ4v) is 2.86. The van der Waals surface area contributed by atoms with Gasteiger partial charge in [0.25, 0.3) is 0 Å². The third-order valence-electron chi connectivity index (χ3n) is 2.53. The maximum atomic E-state index is 10.7. The van der Waals surface area contributed by atoms with Gasteiger partial charge in [0.1, 0.15) is 0 Å². The van der Waals surface area contributed by atoms with Crippen LogP contribution in [0.4, 0.5) is 0 Å². The summed E-state index contributed by atoms with van der Waals surface area (Å²) < 4.78 is 0. The van der Waals surface area contributed by atoms with Gasteiger partial charge in [-0.15, -0.1) is 0 Å². The van der Waals surface area contributed by atoms with E-state index >= 15 is 0 Å². The van der Waals surface area contributed by atoms with Crippen LogP contribution in [-0.2, 0) is 0 Å². The van der Waals surface area contributed by atoms with Crippen LogP contribution in [0.2, 0.25) is 25.1 Å². The standard InChI is InChI=1S/C13H5Cl5O/c14-8-3-6(1-2-7(8)5-19)11-12(17)9(15)4-10(16)13(11)18/h1-5H. The largest absolute Gasteiger partial charge is 0.298 e. The predicted molar refractivity (Wildman–Crippen MR) is 82.3 cm³/mol. The van der Waals surface area contributed by atoms with Crippen molar-refractivity contribution in [3.05, 3.63) is 54.9 Å². The van der Waals surface area contributed by atoms with Crippen LogP contribution >= 0.6 is 58.0 Å². The Kier molecular flexibility index (Phi) is 4.65. The summed E-state index contributed by atoms with van der Waals surface area (Å²) in [6.45, 7) is 0. The molecule has 0 amide bonds. The zero-order chi connectivity index (χ0) is 14.2. The molecular formula is C13H5Cl5O. The maximum Gasteiger partial charge on any atom is 0.151 e. The highest BCUT2D eigenvalue weighted by Gasteiger charge is 2.16. The van der Waals surface area contributed by atoms with Gasteiger partial charge in [0.15, 0.2) is 6.29 Å². The Balaban J connectivity index is 2.72. The summed E-state index contributed by atoms with van der Waals surface area (Å²) in [5.41, 5.74) is 1.50. The predicted octanol–water partition coefficient (Wildman–Crippen LogP) is 6.43. The summed E-state index contributed by atoms with van der Waals surface area (Å²) in [5, 5.41) is 1.45. The third kappa shape index (κ3) is 2.86. The Labute approximate surface area is 135 Å². The Bertz CT molecular complexity index is 640. The molecule has 0 aliphatic heterocycles. The Hall–Kier alpha value is -0.440. The molecule has 0 spiro atoms. The molecule has 0 aliphatic carbocycles. The fraction of sp³-hybridized carbons (Fsp3) is 0. The van der Waals surface area contributed by atoms with Gasteiger partial charge in [0.2, 0.25) is 0 Å². The van der Waals surface area contributed by atoms with Crippen LogP contribution in [0.15, 0.2) is 24.3 Å². The minimum absolute atomic E-state index is 0.283. The molecule has 0 aliphatic rings. The van der Waals surface area contributed by atoms with Crippen molar-refractivity contribution in [1.29, 1.82) is 0 Å². The van der Waals surface area contributed by atoms with E-state index in [-0.39, 0.29) is 10.0 Å². The van der Waals surface area contributed by atoms with Gasteiger partial charge in [0, 0.05) is 11.1 Å². The molecule has 0 radical (unpaired) electrons. The zero-order valence-electron chi connectivity index (χ0n) is 9.18. The van der Waals surface area contributed by atoms with E-state index in [0.29, 0.717) is 38.0 Å². The number of benzene rings is 2. The number of aldehydes is 1. The first-order valence-electron chi connectivity index (χ1n) is 5.03. The quantitative estimate of drug-likeness (QED) is 0.448. The molecule has 98 valence electrons. The SMILES string of the molecule is O=Cc1ccc(-c2c(Cl)c(Cl)cc(Cl)c2Cl)cc1Cl. The molecule has 2 aromatic carbocycles. The van der Waals surface area contributed by atoms with Crippen LogP contribution in [0.5, 0.6) is 0 Å². The minimum atomic E-state index is 0.283. The van der Waals surface area contributed by atoms with E-state index in [0.717, 1.165) is 0 Å². The molecule has 1 nitrogen and oxygen atoms in total. The van der Waals surface area contributed by atoms with Crippen molar-refractivity contribution < 1.29 is 4.79 Å². The summed E-state index contributed by atoms with van der Waals surface area (Å²) in [5.74, 6) is 0. The van der Waals surface area contributed by atoms with E-state index in [4.69, 9.17) is 58.0 Å². The van der Waals surface area contributed by atoms with Crippen LogP contribution in [-0.4, -0.2) is 6.29 Å². The van der Waals surface area contributed by atoms with Gasteiger partial charge in [-0.25, -0.2) is 0 Å². The van der Waals surface area contributed by atoms with Crippen LogP contribution in [0.3, 0.4) is 0 Å². The topological polar surface area (TPSA) is 17.1 Å². The van der Waals surface area contributed by atoms with E-state index in [9.17, 15) is 4.79 Å². The van der Waals surface area contributed by atoms with E-state index < -0.39 is 0 Å². The number of hydrogen-bond donors (Lipinski definition) is 0. The van der Waals surface area contributed by atoms with E-state index in [1.54, 1.807) is 18.2 Å². The van der Waals surface area contributed by atoms with Gasteiger partial charge in [-0.2, -0.15) is 0 Å². The third-order valence-corrected chi connectivity index (χ3v) is 4.43. The Morgan fingerprint density at radius 1 is 0.789 bits per heavy atom. The molecule has 0 N–H and O–H groups in total. The molecule has 0 bridgehead atoms. The van der Waals surface area contributed by atoms with Crippen LogP contribution < -0.4 is 0 Å². The Morgan fingerprint density at radius 2 is 1.37 bits per heavy atom. The molecular weight excluding hydrogens is 349 g/mol. The van der Waals surface area contributed by atoms with Crippen molar-refractivity contribution in [2.24, 2.45) is 0 Å². The average molecular weight is 354 g/mol. The molecule has 2 rings (SSSR count). The molecule has 0 heterocycles. The highest BCUT2D eigenvalue weighted by atomic mass is 35.5. The highest BCUT2D eigenvalue weighted by molar-refractivity contribution is 6.50. The fourth-order valence-electron chi connectivity index (χ4n) is 1.60. The maximum absolute atomic E-state index is 10.7. The zero-order valence-corrected chi connectivity index (χ0v) is 13.0. The van der Waals surface area contributed by atoms with Gasteiger partial charge in [0.05, 0.1) is 25.1 Å². The molecule has 0 fully saturated rings. The number of rotatable bonds is 2. The van der Waals surface area contributed by atoms with Crippen LogP contribution in [0.25, 0.3) is 11.1 Å². The van der Waals surface area contributed by atoms with Gasteiger partial charge in [-0.1, -0.05) is 64.1 Å². The molecule has 2 aromatic rings. The summed E-state index contributed by atoms with van der Waals surface area (Å²) in [6, 6.07) is 6.31. The first kappa shape index (κ1) is 15.0. The number of carbonyl (C=O) groups excluding carboxylic acids is 1. The van der Waals surface area contributed by atoms with Gasteiger partial charge < -0.3 is 0 Å². The van der Waals surface area contributed by atoms with Crippen molar-refractivity contribution in [3.63, 3.8) is 0 Å². The molecule has 0 saturated carbocycles. The van der Waals surface area contributed by atoms with Crippen molar-refractivity contribution >= 4 is 64.3 Å². The van der Waals surface area contributed by atoms with Crippen molar-refractivity contribution in [2.45, 2.75) is 0 Å². The Morgan fingerprint density at radius 3 is 1.84 bits per heavy atom. The van der Waals surface area contributed by atoms with Gasteiger partial charge in [-0.3, -0.25) is 4.79 Å². The number of hydrogen-bond acceptors (Lipinski definition) is 1. The number of halogens is 5. The second-order valence-corrected chi connectivity index (χ2v) is 5.67. The first-order valence-corrected chi connectivity index (χ1v) is 6.92. The van der Waals surface area contributed by atoms with Crippen molar-refractivity contribution in [1.82, 2.24) is 0 Å². The molecule has 0 atom stereocenters. The second kappa shape index (κ2) is 5.90. The summed E-state index contributed by atoms with van der Waals surface area (Å²) >= 11 is 30.2. The van der Waals surface area contributed by atoms with E-state index in [1.807, 2.05) is 0 Å². The first-order chi connectivity index (χ1) is 8.95. The smallest absolute Gasteiger partial charge is 0.151 e. The monoisotopic (exact) mass is 352 g/mol. The molecule has 0 aromatic heterocycles. The molecule has 19 heavy (non-hydrogen) atoms. The van der Waals surface area contributed by atoms with Crippen LogP contribution in [0.1, 0.15) is 10.4 Å². The van der Waals surface area contributed by atoms with E-state index in [1.165, 1.54) is 6.07 Å².